The third-order valence-corrected chi connectivity index (χ3v) is 5.34. The second kappa shape index (κ2) is 11.3. The summed E-state index contributed by atoms with van der Waals surface area (Å²) in [5.74, 6) is -0.184. The highest BCUT2D eigenvalue weighted by atomic mass is 16.2. The van der Waals surface area contributed by atoms with Crippen molar-refractivity contribution >= 4 is 11.8 Å². The number of hydrogen-bond donors (Lipinski definition) is 1. The lowest BCUT2D eigenvalue weighted by atomic mass is 10.0. The van der Waals surface area contributed by atoms with Gasteiger partial charge in [-0.2, -0.15) is 0 Å². The zero-order chi connectivity index (χ0) is 22.9. The quantitative estimate of drug-likeness (QED) is 0.537. The summed E-state index contributed by atoms with van der Waals surface area (Å²) in [5, 5.41) is 3.02. The molecule has 0 aliphatic heterocycles. The van der Waals surface area contributed by atoms with Gasteiger partial charge in [0, 0.05) is 19.0 Å². The number of nitrogens with one attached hydrogen (secondary N) is 1. The molecule has 0 aliphatic rings. The maximum Gasteiger partial charge on any atom is 0.243 e. The van der Waals surface area contributed by atoms with E-state index in [1.54, 1.807) is 4.90 Å². The van der Waals surface area contributed by atoms with Crippen molar-refractivity contribution in [3.8, 4) is 0 Å². The van der Waals surface area contributed by atoms with Crippen LogP contribution in [0, 0.1) is 6.92 Å². The van der Waals surface area contributed by atoms with Gasteiger partial charge in [0.2, 0.25) is 11.8 Å². The first-order chi connectivity index (χ1) is 15.4. The molecule has 0 spiro atoms. The fourth-order valence-corrected chi connectivity index (χ4v) is 3.81. The molecule has 1 atom stereocenters. The van der Waals surface area contributed by atoms with Gasteiger partial charge in [-0.3, -0.25) is 9.59 Å². The van der Waals surface area contributed by atoms with Crippen LogP contribution in [0.1, 0.15) is 36.1 Å². The summed E-state index contributed by atoms with van der Waals surface area (Å²) in [5.41, 5.74) is 4.09. The lowest BCUT2D eigenvalue weighted by molar-refractivity contribution is -0.141. The Balaban J connectivity index is 1.95. The molecule has 0 saturated carbocycles. The molecule has 1 N–H and O–H groups in total. The van der Waals surface area contributed by atoms with Crippen LogP contribution < -0.4 is 5.32 Å². The molecule has 0 radical (unpaired) electrons. The first kappa shape index (κ1) is 23.3. The summed E-state index contributed by atoms with van der Waals surface area (Å²) >= 11 is 0. The Morgan fingerprint density at radius 3 is 2.00 bits per heavy atom. The van der Waals surface area contributed by atoms with Crippen molar-refractivity contribution in [3.63, 3.8) is 0 Å². The van der Waals surface area contributed by atoms with Gasteiger partial charge in [0.05, 0.1) is 6.42 Å². The van der Waals surface area contributed by atoms with Crippen LogP contribution in [-0.4, -0.2) is 28.8 Å². The average Bonchev–Trinajstić information content (AvgIpc) is 2.77. The van der Waals surface area contributed by atoms with Gasteiger partial charge in [-0.25, -0.2) is 0 Å². The summed E-state index contributed by atoms with van der Waals surface area (Å²) in [6, 6.07) is 27.1. The number of aryl methyl sites for hydroxylation is 1. The van der Waals surface area contributed by atoms with Gasteiger partial charge in [-0.15, -0.1) is 0 Å². The van der Waals surface area contributed by atoms with Gasteiger partial charge in [0.1, 0.15) is 6.04 Å². The van der Waals surface area contributed by atoms with Crippen molar-refractivity contribution in [1.82, 2.24) is 10.2 Å². The maximum absolute atomic E-state index is 13.6. The zero-order valence-corrected chi connectivity index (χ0v) is 19.1. The van der Waals surface area contributed by atoms with E-state index in [2.05, 4.69) is 5.32 Å². The van der Waals surface area contributed by atoms with Crippen molar-refractivity contribution in [2.75, 3.05) is 0 Å². The number of carbonyl (C=O) groups is 2. The van der Waals surface area contributed by atoms with E-state index in [4.69, 9.17) is 0 Å². The van der Waals surface area contributed by atoms with Crippen LogP contribution in [0.25, 0.3) is 0 Å². The molecular weight excluding hydrogens is 396 g/mol. The minimum atomic E-state index is -0.600. The Labute approximate surface area is 191 Å². The topological polar surface area (TPSA) is 49.4 Å². The summed E-state index contributed by atoms with van der Waals surface area (Å²) in [6.45, 7) is 6.28. The SMILES string of the molecule is Cc1cccc(CC(=O)N(Cc2ccccc2)C(Cc2ccccc2)C(=O)NC(C)C)c1. The third kappa shape index (κ3) is 6.81. The molecule has 0 bridgehead atoms. The van der Waals surface area contributed by atoms with Crippen molar-refractivity contribution < 1.29 is 9.59 Å². The maximum atomic E-state index is 13.6. The smallest absolute Gasteiger partial charge is 0.243 e. The molecule has 166 valence electrons. The second-order valence-electron chi connectivity index (χ2n) is 8.54. The Morgan fingerprint density at radius 2 is 1.41 bits per heavy atom. The van der Waals surface area contributed by atoms with Gasteiger partial charge in [0.25, 0.3) is 0 Å². The van der Waals surface area contributed by atoms with Crippen molar-refractivity contribution in [2.45, 2.75) is 52.2 Å². The number of hydrogen-bond acceptors (Lipinski definition) is 2. The molecular formula is C28H32N2O2. The first-order valence-electron chi connectivity index (χ1n) is 11.2. The van der Waals surface area contributed by atoms with Crippen LogP contribution in [0.2, 0.25) is 0 Å². The standard InChI is InChI=1S/C28H32N2O2/c1-21(2)29-28(32)26(18-23-12-6-4-7-13-23)30(20-24-14-8-5-9-15-24)27(31)19-25-16-10-11-22(3)17-25/h4-17,21,26H,18-20H2,1-3H3,(H,29,32). The minimum absolute atomic E-state index is 0.00813. The fourth-order valence-electron chi connectivity index (χ4n) is 3.81. The minimum Gasteiger partial charge on any atom is -0.352 e. The fraction of sp³-hybridized carbons (Fsp3) is 0.286. The van der Waals surface area contributed by atoms with Crippen LogP contribution in [0.5, 0.6) is 0 Å². The molecule has 4 nitrogen and oxygen atoms in total. The van der Waals surface area contributed by atoms with Crippen LogP contribution in [0.4, 0.5) is 0 Å². The number of rotatable bonds is 9. The lowest BCUT2D eigenvalue weighted by Gasteiger charge is -2.32. The highest BCUT2D eigenvalue weighted by molar-refractivity contribution is 5.89. The van der Waals surface area contributed by atoms with E-state index in [1.807, 2.05) is 106 Å². The Hall–Kier alpha value is -3.40. The number of carbonyl (C=O) groups excluding carboxylic acids is 2. The van der Waals surface area contributed by atoms with E-state index >= 15 is 0 Å². The van der Waals surface area contributed by atoms with Crippen molar-refractivity contribution in [1.29, 1.82) is 0 Å². The normalized spacial score (nSPS) is 11.8. The number of amides is 2. The monoisotopic (exact) mass is 428 g/mol. The van der Waals surface area contributed by atoms with Crippen LogP contribution in [0.3, 0.4) is 0 Å². The van der Waals surface area contributed by atoms with Gasteiger partial charge in [-0.1, -0.05) is 90.5 Å². The van der Waals surface area contributed by atoms with E-state index in [9.17, 15) is 9.59 Å². The molecule has 1 unspecified atom stereocenters. The summed E-state index contributed by atoms with van der Waals surface area (Å²) in [6.07, 6.45) is 0.723. The molecule has 2 amide bonds. The summed E-state index contributed by atoms with van der Waals surface area (Å²) in [4.78, 5) is 28.6. The largest absolute Gasteiger partial charge is 0.352 e. The highest BCUT2D eigenvalue weighted by Gasteiger charge is 2.30. The predicted molar refractivity (Wildman–Crippen MR) is 129 cm³/mol. The molecule has 3 aromatic rings. The Kier molecular flexibility index (Phi) is 8.20. The highest BCUT2D eigenvalue weighted by Crippen LogP contribution is 2.17. The Morgan fingerprint density at radius 1 is 0.812 bits per heavy atom. The number of nitrogens with zero attached hydrogens (tertiary/aromatic N) is 1. The number of benzene rings is 3. The zero-order valence-electron chi connectivity index (χ0n) is 19.1. The first-order valence-corrected chi connectivity index (χ1v) is 11.2. The molecule has 0 aromatic heterocycles. The third-order valence-electron chi connectivity index (χ3n) is 5.34. The van der Waals surface area contributed by atoms with Gasteiger partial charge < -0.3 is 10.2 Å². The average molecular weight is 429 g/mol. The molecule has 0 aliphatic carbocycles. The summed E-state index contributed by atoms with van der Waals surface area (Å²) in [7, 11) is 0. The molecule has 0 saturated heterocycles. The van der Waals surface area contributed by atoms with Gasteiger partial charge in [-0.05, 0) is 37.5 Å². The summed E-state index contributed by atoms with van der Waals surface area (Å²) < 4.78 is 0. The molecule has 3 aromatic carbocycles. The van der Waals surface area contributed by atoms with E-state index in [-0.39, 0.29) is 24.3 Å². The van der Waals surface area contributed by atoms with Crippen LogP contribution in [0.15, 0.2) is 84.9 Å². The molecule has 3 rings (SSSR count). The Bertz CT molecular complexity index is 1020. The van der Waals surface area contributed by atoms with E-state index in [0.29, 0.717) is 13.0 Å². The predicted octanol–water partition coefficient (Wildman–Crippen LogP) is 4.70. The van der Waals surface area contributed by atoms with E-state index < -0.39 is 6.04 Å². The van der Waals surface area contributed by atoms with Crippen molar-refractivity contribution in [3.05, 3.63) is 107 Å². The lowest BCUT2D eigenvalue weighted by Crippen LogP contribution is -2.52. The molecule has 0 heterocycles. The second-order valence-corrected chi connectivity index (χ2v) is 8.54. The van der Waals surface area contributed by atoms with Crippen LogP contribution in [-0.2, 0) is 29.0 Å². The van der Waals surface area contributed by atoms with E-state index in [0.717, 1.165) is 22.3 Å². The van der Waals surface area contributed by atoms with Crippen LogP contribution >= 0.6 is 0 Å². The molecule has 32 heavy (non-hydrogen) atoms. The molecule has 0 fully saturated rings. The van der Waals surface area contributed by atoms with Gasteiger partial charge >= 0.3 is 0 Å². The molecule has 4 heteroatoms. The van der Waals surface area contributed by atoms with Gasteiger partial charge in [0.15, 0.2) is 0 Å². The van der Waals surface area contributed by atoms with Crippen molar-refractivity contribution in [2.24, 2.45) is 0 Å². The van der Waals surface area contributed by atoms with E-state index in [1.165, 1.54) is 0 Å².